The molecule has 23 nitrogen and oxygen atoms in total. The molecule has 2 atom stereocenters. The van der Waals surface area contributed by atoms with Gasteiger partial charge in [-0.15, -0.1) is 0 Å². The van der Waals surface area contributed by atoms with Gasteiger partial charge in [0.15, 0.2) is 22.2 Å². The first kappa shape index (κ1) is 48.6. The van der Waals surface area contributed by atoms with Gasteiger partial charge in [0, 0.05) is 28.3 Å². The molecule has 0 radical (unpaired) electrons. The Kier molecular flexibility index (Phi) is 16.4. The van der Waals surface area contributed by atoms with Crippen LogP contribution in [-0.4, -0.2) is 90.0 Å². The van der Waals surface area contributed by atoms with Gasteiger partial charge >= 0.3 is 10.4 Å². The van der Waals surface area contributed by atoms with Crippen molar-refractivity contribution in [1.82, 2.24) is 29.9 Å². The molecule has 6 aromatic rings. The van der Waals surface area contributed by atoms with E-state index in [1.807, 2.05) is 6.92 Å². The second kappa shape index (κ2) is 21.9. The lowest BCUT2D eigenvalue weighted by Crippen LogP contribution is -2.13. The third-order valence-electron chi connectivity index (χ3n) is 7.89. The molecule has 342 valence electrons. The van der Waals surface area contributed by atoms with E-state index in [1.165, 1.54) is 36.4 Å². The highest BCUT2D eigenvalue weighted by Crippen LogP contribution is 2.29. The van der Waals surface area contributed by atoms with Crippen molar-refractivity contribution in [2.45, 2.75) is 28.0 Å². The van der Waals surface area contributed by atoms with Crippen LogP contribution < -0.4 is 26.6 Å². The van der Waals surface area contributed by atoms with Crippen molar-refractivity contribution in [3.8, 4) is 0 Å². The fourth-order valence-corrected chi connectivity index (χ4v) is 7.87. The third-order valence-corrected chi connectivity index (χ3v) is 11.7. The van der Waals surface area contributed by atoms with Crippen molar-refractivity contribution >= 4 is 124 Å². The molecule has 0 saturated carbocycles. The van der Waals surface area contributed by atoms with E-state index in [2.05, 4.69) is 60.7 Å². The quantitative estimate of drug-likeness (QED) is 0.0314. The van der Waals surface area contributed by atoms with E-state index in [4.69, 9.17) is 36.1 Å². The minimum atomic E-state index is -4.80. The van der Waals surface area contributed by atoms with Gasteiger partial charge in [0.25, 0.3) is 16.0 Å². The standard InChI is InChI=1S/C36H33Cl2N11O12S4/c1-2-17-59-62(51)26-12-7-24(8-13-26)42-35-46-32(38)47-36(49-35)43-28-20-25(11-16-29(28)64(53,54)55)39-30(50)21-3-5-22(6-4-21)40-33-44-31(37)45-34(48-33)41-23-9-14-27(15-10-23)63(52)60-18-19-61-65(56,57)58/h3-16,20H,2,17-19H2,1H3,(H,39,50)(H,53,54,55)(H,56,57,58)(H2,40,41,44,45,48)(H2,42,43,46,47,49). The molecule has 29 heteroatoms. The largest absolute Gasteiger partial charge is 0.397 e. The number of hydrogen-bond donors (Lipinski definition) is 7. The number of carbonyl (C=O) groups is 1. The van der Waals surface area contributed by atoms with Gasteiger partial charge < -0.3 is 26.6 Å². The first-order valence-electron chi connectivity index (χ1n) is 18.3. The number of benzene rings is 4. The van der Waals surface area contributed by atoms with Crippen molar-refractivity contribution in [3.05, 3.63) is 107 Å². The molecule has 2 aromatic heterocycles. The number of amides is 1. The summed E-state index contributed by atoms with van der Waals surface area (Å²) in [7, 11) is -9.45. The van der Waals surface area contributed by atoms with Crippen molar-refractivity contribution in [1.29, 1.82) is 0 Å². The van der Waals surface area contributed by atoms with Crippen LogP contribution in [0.1, 0.15) is 23.7 Å². The van der Waals surface area contributed by atoms with Crippen LogP contribution in [0.3, 0.4) is 0 Å². The number of nitrogens with zero attached hydrogens (tertiary/aromatic N) is 6. The Balaban J connectivity index is 1.08. The summed E-state index contributed by atoms with van der Waals surface area (Å²) in [4.78, 5) is 38.1. The number of carbonyl (C=O) groups excluding carboxylic acids is 1. The fourth-order valence-electron chi connectivity index (χ4n) is 5.11. The predicted molar refractivity (Wildman–Crippen MR) is 239 cm³/mol. The van der Waals surface area contributed by atoms with Gasteiger partial charge in [0.1, 0.15) is 4.90 Å². The second-order valence-electron chi connectivity index (χ2n) is 12.6. The maximum atomic E-state index is 13.3. The molecular weight excluding hydrogens is 978 g/mol. The van der Waals surface area contributed by atoms with Crippen LogP contribution in [0.25, 0.3) is 0 Å². The Morgan fingerprint density at radius 3 is 1.48 bits per heavy atom. The Morgan fingerprint density at radius 1 is 0.600 bits per heavy atom. The SMILES string of the molecule is CCCOS(=O)c1ccc(Nc2nc(Cl)nc(Nc3cc(NC(=O)c4ccc(Nc5nc(Cl)nc(Nc6ccc(S(=O)OCCOS(=O)(=O)O)cc6)n5)cc4)ccc3S(=O)(=O)O)n2)cc1. The summed E-state index contributed by atoms with van der Waals surface area (Å²) in [5.74, 6) is -0.790. The van der Waals surface area contributed by atoms with Crippen LogP contribution in [0.15, 0.2) is 106 Å². The monoisotopic (exact) mass is 1010 g/mol. The van der Waals surface area contributed by atoms with Gasteiger partial charge in [-0.1, -0.05) is 6.92 Å². The van der Waals surface area contributed by atoms with Crippen molar-refractivity contribution in [3.63, 3.8) is 0 Å². The van der Waals surface area contributed by atoms with Gasteiger partial charge in [-0.2, -0.15) is 46.7 Å². The predicted octanol–water partition coefficient (Wildman–Crippen LogP) is 6.14. The smallest absolute Gasteiger partial charge is 0.324 e. The molecule has 2 unspecified atom stereocenters. The zero-order valence-electron chi connectivity index (χ0n) is 33.0. The molecule has 4 aromatic carbocycles. The second-order valence-corrected chi connectivity index (χ2v) is 18.1. The lowest BCUT2D eigenvalue weighted by Gasteiger charge is -2.13. The number of anilines is 9. The number of nitrogens with one attached hydrogen (secondary N) is 5. The summed E-state index contributed by atoms with van der Waals surface area (Å²) in [6, 6.07) is 22.0. The first-order valence-corrected chi connectivity index (χ1v) is 24.0. The topological polar surface area (TPSA) is 325 Å². The minimum Gasteiger partial charge on any atom is -0.324 e. The third kappa shape index (κ3) is 14.8. The van der Waals surface area contributed by atoms with Gasteiger partial charge in [-0.25, -0.2) is 12.6 Å². The Bertz CT molecular complexity index is 2940. The molecule has 0 aliphatic rings. The summed E-state index contributed by atoms with van der Waals surface area (Å²) in [5, 5.41) is 13.7. The van der Waals surface area contributed by atoms with E-state index in [9.17, 15) is 34.6 Å². The summed E-state index contributed by atoms with van der Waals surface area (Å²) in [6.07, 6.45) is 0.701. The van der Waals surface area contributed by atoms with Crippen LogP contribution in [0.4, 0.5) is 52.2 Å². The van der Waals surface area contributed by atoms with Crippen LogP contribution in [0.2, 0.25) is 10.6 Å². The molecule has 6 rings (SSSR count). The summed E-state index contributed by atoms with van der Waals surface area (Å²) in [5.41, 5.74) is 1.48. The molecule has 7 N–H and O–H groups in total. The molecule has 65 heavy (non-hydrogen) atoms. The molecule has 0 saturated heterocycles. The maximum absolute atomic E-state index is 13.3. The van der Waals surface area contributed by atoms with Crippen LogP contribution >= 0.6 is 23.2 Å². The van der Waals surface area contributed by atoms with Gasteiger partial charge in [-0.05, 0) is 121 Å². The Morgan fingerprint density at radius 2 is 1.03 bits per heavy atom. The molecular formula is C36H33Cl2N11O12S4. The van der Waals surface area contributed by atoms with Gasteiger partial charge in [-0.3, -0.25) is 22.3 Å². The molecule has 0 aliphatic heterocycles. The molecule has 2 heterocycles. The van der Waals surface area contributed by atoms with E-state index in [0.717, 1.165) is 6.07 Å². The maximum Gasteiger partial charge on any atom is 0.397 e. The van der Waals surface area contributed by atoms with Gasteiger partial charge in [0.05, 0.1) is 35.3 Å². The van der Waals surface area contributed by atoms with E-state index in [0.29, 0.717) is 35.0 Å². The molecule has 0 aliphatic carbocycles. The van der Waals surface area contributed by atoms with E-state index >= 15 is 0 Å². The lowest BCUT2D eigenvalue weighted by molar-refractivity contribution is 0.102. The summed E-state index contributed by atoms with van der Waals surface area (Å²) < 4.78 is 103. The highest BCUT2D eigenvalue weighted by molar-refractivity contribution is 7.86. The van der Waals surface area contributed by atoms with Crippen molar-refractivity contribution in [2.75, 3.05) is 46.4 Å². The number of hydrogen-bond acceptors (Lipinski definition) is 20. The van der Waals surface area contributed by atoms with Crippen molar-refractivity contribution < 1.29 is 51.7 Å². The highest BCUT2D eigenvalue weighted by Gasteiger charge is 2.19. The Hall–Kier alpha value is -5.85. The normalized spacial score (nSPS) is 12.5. The molecule has 0 fully saturated rings. The van der Waals surface area contributed by atoms with Crippen LogP contribution in [-0.2, 0) is 55.2 Å². The number of aromatic nitrogens is 6. The highest BCUT2D eigenvalue weighted by atomic mass is 35.5. The van der Waals surface area contributed by atoms with E-state index in [1.54, 1.807) is 48.5 Å². The molecule has 0 spiro atoms. The summed E-state index contributed by atoms with van der Waals surface area (Å²) in [6.45, 7) is 1.31. The minimum absolute atomic E-state index is 0.0328. The van der Waals surface area contributed by atoms with Crippen LogP contribution in [0.5, 0.6) is 0 Å². The number of halogens is 2. The average molecular weight is 1010 g/mol. The van der Waals surface area contributed by atoms with Crippen LogP contribution in [0, 0.1) is 0 Å². The zero-order chi connectivity index (χ0) is 46.7. The van der Waals surface area contributed by atoms with Crippen molar-refractivity contribution in [2.24, 2.45) is 0 Å². The zero-order valence-corrected chi connectivity index (χ0v) is 37.8. The van der Waals surface area contributed by atoms with E-state index in [-0.39, 0.29) is 62.8 Å². The number of rotatable bonds is 21. The summed E-state index contributed by atoms with van der Waals surface area (Å²) >= 11 is 8.69. The molecule has 1 amide bonds. The van der Waals surface area contributed by atoms with Gasteiger partial charge in [0.2, 0.25) is 34.4 Å². The molecule has 0 bridgehead atoms. The average Bonchev–Trinajstić information content (AvgIpc) is 3.24. The lowest BCUT2D eigenvalue weighted by atomic mass is 10.2. The Labute approximate surface area is 385 Å². The van der Waals surface area contributed by atoms with E-state index < -0.39 is 60.1 Å². The fraction of sp³-hybridized carbons (Fsp3) is 0.139. The first-order chi connectivity index (χ1) is 30.9.